The lowest BCUT2D eigenvalue weighted by Crippen LogP contribution is -2.32. The number of aliphatic hydroxyl groups excluding tert-OH is 2. The predicted octanol–water partition coefficient (Wildman–Crippen LogP) is 3.30. The van der Waals surface area contributed by atoms with Crippen LogP contribution in [0.3, 0.4) is 0 Å². The van der Waals surface area contributed by atoms with Crippen LogP contribution in [0.25, 0.3) is 0 Å². The van der Waals surface area contributed by atoms with Gasteiger partial charge < -0.3 is 10.2 Å². The molecule has 0 aromatic rings. The zero-order valence-corrected chi connectivity index (χ0v) is 11.9. The van der Waals surface area contributed by atoms with Gasteiger partial charge in [-0.25, -0.2) is 0 Å². The Hall–Kier alpha value is -0.600. The molecular weight excluding hydrogens is 212 g/mol. The maximum Gasteiger partial charge on any atom is 0.0625 e. The van der Waals surface area contributed by atoms with Crippen molar-refractivity contribution in [3.8, 4) is 0 Å². The summed E-state index contributed by atoms with van der Waals surface area (Å²) in [6.45, 7) is 10.00. The van der Waals surface area contributed by atoms with E-state index in [0.29, 0.717) is 6.42 Å². The lowest BCUT2D eigenvalue weighted by atomic mass is 9.84. The molecule has 2 heteroatoms. The Morgan fingerprint density at radius 1 is 1.12 bits per heavy atom. The topological polar surface area (TPSA) is 40.5 Å². The average Bonchev–Trinajstić information content (AvgIpc) is 2.22. The van der Waals surface area contributed by atoms with E-state index in [2.05, 4.69) is 13.0 Å². The number of hydrogen-bond donors (Lipinski definition) is 2. The minimum Gasteiger partial charge on any atom is -0.392 e. The molecule has 0 rings (SSSR count). The van der Waals surface area contributed by atoms with E-state index < -0.39 is 12.2 Å². The van der Waals surface area contributed by atoms with Crippen LogP contribution in [0.15, 0.2) is 24.3 Å². The molecule has 0 saturated carbocycles. The first kappa shape index (κ1) is 16.4. The molecule has 0 aromatic carbocycles. The van der Waals surface area contributed by atoms with Crippen molar-refractivity contribution in [1.29, 1.82) is 0 Å². The second-order valence-electron chi connectivity index (χ2n) is 5.77. The average molecular weight is 240 g/mol. The molecule has 0 heterocycles. The van der Waals surface area contributed by atoms with E-state index in [1.807, 2.05) is 45.9 Å². The van der Waals surface area contributed by atoms with Crippen LogP contribution in [0.4, 0.5) is 0 Å². The fourth-order valence-corrected chi connectivity index (χ4v) is 1.38. The van der Waals surface area contributed by atoms with Crippen molar-refractivity contribution in [2.75, 3.05) is 0 Å². The Morgan fingerprint density at radius 2 is 1.71 bits per heavy atom. The normalized spacial score (nSPS) is 18.8. The Kier molecular flexibility index (Phi) is 7.40. The Morgan fingerprint density at radius 3 is 2.18 bits per heavy atom. The molecule has 0 spiro atoms. The van der Waals surface area contributed by atoms with Gasteiger partial charge in [-0.05, 0) is 11.8 Å². The van der Waals surface area contributed by atoms with Gasteiger partial charge in [0.2, 0.25) is 0 Å². The molecule has 17 heavy (non-hydrogen) atoms. The third kappa shape index (κ3) is 7.35. The second kappa shape index (κ2) is 7.67. The number of aliphatic hydroxyl groups is 2. The van der Waals surface area contributed by atoms with Crippen LogP contribution in [0.5, 0.6) is 0 Å². The van der Waals surface area contributed by atoms with Crippen molar-refractivity contribution in [2.45, 2.75) is 59.7 Å². The van der Waals surface area contributed by atoms with Crippen LogP contribution in [0.2, 0.25) is 0 Å². The molecular formula is C15H28O2. The van der Waals surface area contributed by atoms with Crippen molar-refractivity contribution in [3.63, 3.8) is 0 Å². The molecule has 0 aliphatic rings. The third-order valence-corrected chi connectivity index (χ3v) is 2.97. The van der Waals surface area contributed by atoms with Crippen LogP contribution in [0, 0.1) is 11.3 Å². The Bertz CT molecular complexity index is 248. The van der Waals surface area contributed by atoms with Crippen molar-refractivity contribution in [3.05, 3.63) is 24.3 Å². The van der Waals surface area contributed by atoms with Gasteiger partial charge in [-0.3, -0.25) is 0 Å². The van der Waals surface area contributed by atoms with Crippen molar-refractivity contribution in [2.24, 2.45) is 11.3 Å². The van der Waals surface area contributed by atoms with Gasteiger partial charge in [0.1, 0.15) is 0 Å². The van der Waals surface area contributed by atoms with Crippen LogP contribution in [-0.4, -0.2) is 22.4 Å². The zero-order chi connectivity index (χ0) is 13.5. The standard InChI is InChI=1S/C15H28O2/c1-6-7-8-9-10-12(2)13(16)11-14(17)15(3,4)5/h7-10,12-14,16-17H,6,11H2,1-5H3/b8-7-,10-9+/t12-,13-,14-/m0/s1. The molecule has 0 amide bonds. The minimum atomic E-state index is -0.490. The quantitative estimate of drug-likeness (QED) is 0.699. The molecule has 0 aromatic heterocycles. The number of hydrogen-bond acceptors (Lipinski definition) is 2. The summed E-state index contributed by atoms with van der Waals surface area (Å²) in [7, 11) is 0. The molecule has 0 saturated heterocycles. The van der Waals surface area contributed by atoms with Gasteiger partial charge in [-0.15, -0.1) is 0 Å². The molecule has 0 unspecified atom stereocenters. The van der Waals surface area contributed by atoms with E-state index in [4.69, 9.17) is 0 Å². The van der Waals surface area contributed by atoms with Crippen LogP contribution >= 0.6 is 0 Å². The fraction of sp³-hybridized carbons (Fsp3) is 0.733. The molecule has 0 aliphatic carbocycles. The first-order valence-corrected chi connectivity index (χ1v) is 6.48. The molecule has 100 valence electrons. The second-order valence-corrected chi connectivity index (χ2v) is 5.77. The highest BCUT2D eigenvalue weighted by molar-refractivity contribution is 5.04. The van der Waals surface area contributed by atoms with E-state index in [1.54, 1.807) is 0 Å². The van der Waals surface area contributed by atoms with Crippen molar-refractivity contribution < 1.29 is 10.2 Å². The Balaban J connectivity index is 4.18. The molecule has 3 atom stereocenters. The summed E-state index contributed by atoms with van der Waals surface area (Å²) in [6.07, 6.45) is 8.47. The number of rotatable bonds is 6. The largest absolute Gasteiger partial charge is 0.392 e. The molecule has 0 fully saturated rings. The maximum atomic E-state index is 9.97. The highest BCUT2D eigenvalue weighted by Gasteiger charge is 2.26. The van der Waals surface area contributed by atoms with Crippen molar-refractivity contribution >= 4 is 0 Å². The van der Waals surface area contributed by atoms with Gasteiger partial charge in [0.25, 0.3) is 0 Å². The smallest absolute Gasteiger partial charge is 0.0625 e. The lowest BCUT2D eigenvalue weighted by molar-refractivity contribution is 0.00336. The van der Waals surface area contributed by atoms with Crippen LogP contribution in [0.1, 0.15) is 47.5 Å². The third-order valence-electron chi connectivity index (χ3n) is 2.97. The summed E-state index contributed by atoms with van der Waals surface area (Å²) in [5, 5.41) is 19.9. The minimum absolute atomic E-state index is 0.0634. The van der Waals surface area contributed by atoms with E-state index in [-0.39, 0.29) is 11.3 Å². The fourth-order valence-electron chi connectivity index (χ4n) is 1.38. The predicted molar refractivity (Wildman–Crippen MR) is 73.8 cm³/mol. The highest BCUT2D eigenvalue weighted by Crippen LogP contribution is 2.24. The summed E-state index contributed by atoms with van der Waals surface area (Å²) in [5.41, 5.74) is -0.174. The molecule has 0 bridgehead atoms. The SMILES string of the molecule is CC/C=C\C=C\[C@H](C)[C@@H](O)C[C@H](O)C(C)(C)C. The first-order valence-electron chi connectivity index (χ1n) is 6.48. The highest BCUT2D eigenvalue weighted by atomic mass is 16.3. The molecule has 0 aliphatic heterocycles. The first-order chi connectivity index (χ1) is 7.79. The van der Waals surface area contributed by atoms with E-state index in [9.17, 15) is 10.2 Å². The van der Waals surface area contributed by atoms with Gasteiger partial charge in [0.15, 0.2) is 0 Å². The van der Waals surface area contributed by atoms with Gasteiger partial charge in [-0.2, -0.15) is 0 Å². The van der Waals surface area contributed by atoms with Crippen LogP contribution < -0.4 is 0 Å². The van der Waals surface area contributed by atoms with Gasteiger partial charge >= 0.3 is 0 Å². The molecule has 2 nitrogen and oxygen atoms in total. The summed E-state index contributed by atoms with van der Waals surface area (Å²) in [4.78, 5) is 0. The summed E-state index contributed by atoms with van der Waals surface area (Å²) in [6, 6.07) is 0. The number of allylic oxidation sites excluding steroid dienone is 3. The Labute approximate surface area is 106 Å². The van der Waals surface area contributed by atoms with E-state index in [1.165, 1.54) is 0 Å². The van der Waals surface area contributed by atoms with Gasteiger partial charge in [-0.1, -0.05) is 58.9 Å². The maximum absolute atomic E-state index is 9.97. The summed E-state index contributed by atoms with van der Waals surface area (Å²) >= 11 is 0. The van der Waals surface area contributed by atoms with Gasteiger partial charge in [0.05, 0.1) is 12.2 Å². The zero-order valence-electron chi connectivity index (χ0n) is 11.9. The van der Waals surface area contributed by atoms with Crippen molar-refractivity contribution in [1.82, 2.24) is 0 Å². The summed E-state index contributed by atoms with van der Waals surface area (Å²) in [5.74, 6) is 0.0634. The monoisotopic (exact) mass is 240 g/mol. The summed E-state index contributed by atoms with van der Waals surface area (Å²) < 4.78 is 0. The van der Waals surface area contributed by atoms with E-state index in [0.717, 1.165) is 6.42 Å². The molecule has 2 N–H and O–H groups in total. The lowest BCUT2D eigenvalue weighted by Gasteiger charge is -2.29. The van der Waals surface area contributed by atoms with Gasteiger partial charge in [0, 0.05) is 12.3 Å². The van der Waals surface area contributed by atoms with Crippen LogP contribution in [-0.2, 0) is 0 Å². The molecule has 0 radical (unpaired) electrons. The van der Waals surface area contributed by atoms with E-state index >= 15 is 0 Å².